The minimum Gasteiger partial charge on any atom is -0.398 e. The van der Waals surface area contributed by atoms with Gasteiger partial charge in [-0.25, -0.2) is 0 Å². The second-order valence-electron chi connectivity index (χ2n) is 6.35. The van der Waals surface area contributed by atoms with Crippen LogP contribution in [-0.4, -0.2) is 26.7 Å². The molecule has 0 amide bonds. The molecule has 0 aliphatic heterocycles. The minimum absolute atomic E-state index is 0. The molecule has 2 aromatic rings. The number of anilines is 2. The molecule has 0 aliphatic rings. The quantitative estimate of drug-likeness (QED) is 0.182. The maximum Gasteiger partial charge on any atom is 0.332 e. The van der Waals surface area contributed by atoms with Crippen LogP contribution in [0.2, 0.25) is 0 Å². The molecule has 2 rings (SSSR count). The highest BCUT2D eigenvalue weighted by Gasteiger charge is 2.18. The van der Waals surface area contributed by atoms with Crippen LogP contribution in [0.15, 0.2) is 33.2 Å². The van der Waals surface area contributed by atoms with Gasteiger partial charge >= 0.3 is 7.80 Å². The topological polar surface area (TPSA) is 86.2 Å². The van der Waals surface area contributed by atoms with Gasteiger partial charge in [0.05, 0.1) is 0 Å². The molecule has 166 valence electrons. The van der Waals surface area contributed by atoms with E-state index in [9.17, 15) is 9.13 Å². The van der Waals surface area contributed by atoms with E-state index < -0.39 is 14.9 Å². The van der Waals surface area contributed by atoms with Crippen molar-refractivity contribution < 1.29 is 9.13 Å². The molecule has 0 heterocycles. The number of rotatable bonds is 1. The molecule has 2 aromatic carbocycles. The fourth-order valence-electron chi connectivity index (χ4n) is 2.09. The van der Waals surface area contributed by atoms with Crippen LogP contribution in [0.4, 0.5) is 11.4 Å². The van der Waals surface area contributed by atoms with Crippen LogP contribution >= 0.6 is 69.4 Å². The van der Waals surface area contributed by atoms with Gasteiger partial charge < -0.3 is 16.0 Å². The van der Waals surface area contributed by atoms with Gasteiger partial charge in [0.2, 0.25) is 0 Å². The summed E-state index contributed by atoms with van der Waals surface area (Å²) in [6.45, 7) is 10.8. The van der Waals surface area contributed by atoms with Gasteiger partial charge in [0.1, 0.15) is 20.5 Å². The second kappa shape index (κ2) is 15.0. The zero-order valence-electron chi connectivity index (χ0n) is 16.3. The summed E-state index contributed by atoms with van der Waals surface area (Å²) in [4.78, 5) is 0. The van der Waals surface area contributed by atoms with Gasteiger partial charge in [0, 0.05) is 29.2 Å². The van der Waals surface area contributed by atoms with Crippen LogP contribution in [0.3, 0.4) is 0 Å². The van der Waals surface area contributed by atoms with Crippen LogP contribution < -0.4 is 16.8 Å². The highest BCUT2D eigenvalue weighted by atomic mass is 127. The molecule has 0 radical (unpaired) electrons. The molecule has 0 fully saturated rings. The van der Waals surface area contributed by atoms with Crippen molar-refractivity contribution in [3.63, 3.8) is 0 Å². The lowest BCUT2D eigenvalue weighted by atomic mass is 10.2. The first-order chi connectivity index (χ1) is 12.2. The Bertz CT molecular complexity index is 841. The summed E-state index contributed by atoms with van der Waals surface area (Å²) >= 11 is 9.06. The fraction of sp³-hybridized carbons (Fsp3) is 0.400. The van der Waals surface area contributed by atoms with E-state index in [2.05, 4.69) is 54.5 Å². The van der Waals surface area contributed by atoms with E-state index in [1.807, 2.05) is 32.0 Å². The van der Waals surface area contributed by atoms with E-state index >= 15 is 0 Å². The van der Waals surface area contributed by atoms with E-state index in [1.54, 1.807) is 32.7 Å². The van der Waals surface area contributed by atoms with Gasteiger partial charge in [0.25, 0.3) is 0 Å². The summed E-state index contributed by atoms with van der Waals surface area (Å²) in [6, 6.07) is 7.53. The van der Waals surface area contributed by atoms with E-state index in [1.165, 1.54) is 5.56 Å². The van der Waals surface area contributed by atoms with E-state index in [-0.39, 0.29) is 14.9 Å². The zero-order chi connectivity index (χ0) is 21.5. The normalized spacial score (nSPS) is 9.55. The van der Waals surface area contributed by atoms with Crippen molar-refractivity contribution in [2.75, 3.05) is 38.1 Å². The molecule has 4 nitrogen and oxygen atoms in total. The third-order valence-electron chi connectivity index (χ3n) is 3.28. The standard InChI is InChI=1S/C9H13BrNOP.C7H7BrIN.C2H6OP.2CH4/c1-6-7(10)4-5-8(11)9(6)13(2,3)12;1-4-5(8)2-3-6(10)7(4)9;1-4(2)3;;/h4-5H,11H2,1-3H3;2-3H,10H2,1H3;1-2H3;2*1H4/q;;+1;;. The Labute approximate surface area is 208 Å². The SMILES string of the molecule is C.C.C[P+](C)=O.Cc1c(Br)ccc(N)c1I.Cc1c(Br)ccc(N)c1P(C)(C)=O. The first-order valence-electron chi connectivity index (χ1n) is 7.84. The zero-order valence-corrected chi connectivity index (χ0v) is 23.4. The predicted octanol–water partition coefficient (Wildman–Crippen LogP) is 7.88. The van der Waals surface area contributed by atoms with Crippen molar-refractivity contribution in [2.45, 2.75) is 28.7 Å². The Morgan fingerprint density at radius 2 is 1.24 bits per heavy atom. The molecule has 9 heteroatoms. The molecule has 0 aromatic heterocycles. The second-order valence-corrected chi connectivity index (χ2v) is 13.9. The van der Waals surface area contributed by atoms with Crippen molar-refractivity contribution in [2.24, 2.45) is 0 Å². The Morgan fingerprint density at radius 1 is 0.897 bits per heavy atom. The molecule has 0 atom stereocenters. The van der Waals surface area contributed by atoms with Gasteiger partial charge in [-0.3, -0.25) is 0 Å². The number of nitrogens with two attached hydrogens (primary N) is 2. The summed E-state index contributed by atoms with van der Waals surface area (Å²) in [5, 5.41) is 0.793. The molecular weight excluding hydrogens is 649 g/mol. The van der Waals surface area contributed by atoms with Crippen molar-refractivity contribution >= 4 is 86.1 Å². The summed E-state index contributed by atoms with van der Waals surface area (Å²) in [5.74, 6) is 0. The van der Waals surface area contributed by atoms with Crippen LogP contribution in [0, 0.1) is 17.4 Å². The van der Waals surface area contributed by atoms with E-state index in [0.29, 0.717) is 5.69 Å². The van der Waals surface area contributed by atoms with Crippen molar-refractivity contribution in [1.82, 2.24) is 0 Å². The number of benzene rings is 2. The summed E-state index contributed by atoms with van der Waals surface area (Å²) < 4.78 is 24.7. The smallest absolute Gasteiger partial charge is 0.332 e. The van der Waals surface area contributed by atoms with Crippen molar-refractivity contribution in [3.8, 4) is 0 Å². The van der Waals surface area contributed by atoms with Crippen molar-refractivity contribution in [3.05, 3.63) is 47.9 Å². The Hall–Kier alpha value is 0.0600. The van der Waals surface area contributed by atoms with E-state index in [0.717, 1.165) is 29.1 Å². The Morgan fingerprint density at radius 3 is 1.55 bits per heavy atom. The molecular formula is C20H34Br2IN2O2P2+. The summed E-state index contributed by atoms with van der Waals surface area (Å²) in [7, 11) is -3.15. The third-order valence-corrected chi connectivity index (χ3v) is 8.11. The van der Waals surface area contributed by atoms with Gasteiger partial charge in [-0.1, -0.05) is 51.3 Å². The first kappa shape index (κ1) is 33.7. The highest BCUT2D eigenvalue weighted by Crippen LogP contribution is 2.39. The average molecular weight is 683 g/mol. The number of hydrogen-bond donors (Lipinski definition) is 2. The summed E-state index contributed by atoms with van der Waals surface area (Å²) in [5.41, 5.74) is 15.1. The first-order valence-corrected chi connectivity index (χ1v) is 15.3. The monoisotopic (exact) mass is 681 g/mol. The van der Waals surface area contributed by atoms with Crippen LogP contribution in [0.5, 0.6) is 0 Å². The average Bonchev–Trinajstić information content (AvgIpc) is 2.52. The Kier molecular flexibility index (Phi) is 17.4. The van der Waals surface area contributed by atoms with Gasteiger partial charge in [-0.15, -0.1) is 0 Å². The highest BCUT2D eigenvalue weighted by molar-refractivity contribution is 14.1. The molecule has 0 saturated carbocycles. The fourth-order valence-corrected chi connectivity index (χ4v) is 5.37. The van der Waals surface area contributed by atoms with Crippen LogP contribution in [0.1, 0.15) is 26.0 Å². The Balaban J connectivity index is -0.000000379. The molecule has 0 aliphatic carbocycles. The molecule has 0 unspecified atom stereocenters. The van der Waals surface area contributed by atoms with E-state index in [4.69, 9.17) is 11.5 Å². The molecule has 29 heavy (non-hydrogen) atoms. The number of nitrogen functional groups attached to an aromatic ring is 2. The summed E-state index contributed by atoms with van der Waals surface area (Å²) in [6.07, 6.45) is 0. The van der Waals surface area contributed by atoms with Crippen molar-refractivity contribution in [1.29, 1.82) is 0 Å². The van der Waals surface area contributed by atoms with Gasteiger partial charge in [0.15, 0.2) is 0 Å². The lowest BCUT2D eigenvalue weighted by Crippen LogP contribution is -2.13. The maximum atomic E-state index is 11.9. The van der Waals surface area contributed by atoms with Gasteiger partial charge in [-0.2, -0.15) is 0 Å². The maximum absolute atomic E-state index is 11.9. The lowest BCUT2D eigenvalue weighted by Gasteiger charge is -2.14. The molecule has 4 N–H and O–H groups in total. The molecule has 0 bridgehead atoms. The van der Waals surface area contributed by atoms with Crippen LogP contribution in [-0.2, 0) is 9.13 Å². The van der Waals surface area contributed by atoms with Gasteiger partial charge in [-0.05, 0) is 85.2 Å². The minimum atomic E-state index is -2.28. The third kappa shape index (κ3) is 11.9. The predicted molar refractivity (Wildman–Crippen MR) is 151 cm³/mol. The number of hydrogen-bond acceptors (Lipinski definition) is 4. The largest absolute Gasteiger partial charge is 0.398 e. The lowest BCUT2D eigenvalue weighted by molar-refractivity contribution is 0.588. The molecule has 0 saturated heterocycles. The van der Waals surface area contributed by atoms with Crippen LogP contribution in [0.25, 0.3) is 0 Å². The number of halogens is 3. The molecule has 0 spiro atoms.